The number of aromatic nitrogens is 1. The van der Waals surface area contributed by atoms with Crippen molar-refractivity contribution in [3.05, 3.63) is 48.2 Å². The third-order valence-corrected chi connectivity index (χ3v) is 3.19. The summed E-state index contributed by atoms with van der Waals surface area (Å²) in [4.78, 5) is 15.6. The molecule has 21 heavy (non-hydrogen) atoms. The number of hydrogen-bond acceptors (Lipinski definition) is 3. The lowest BCUT2D eigenvalue weighted by Gasteiger charge is -2.09. The standard InChI is InChI=1S/C15H13F2N3O/c16-11-2-1-3-12(17)14(11)20-13-7-6-10(8-18-13)19-15(21)9-4-5-9/h1-3,6-9H,4-5H2,(H,18,20)(H,19,21). The van der Waals surface area contributed by atoms with Crippen molar-refractivity contribution < 1.29 is 13.6 Å². The fourth-order valence-corrected chi connectivity index (χ4v) is 1.88. The number of hydrogen-bond donors (Lipinski definition) is 2. The molecule has 1 aromatic heterocycles. The Hall–Kier alpha value is -2.50. The van der Waals surface area contributed by atoms with E-state index in [0.717, 1.165) is 25.0 Å². The molecule has 1 saturated carbocycles. The SMILES string of the molecule is O=C(Nc1ccc(Nc2c(F)cccc2F)nc1)C1CC1. The highest BCUT2D eigenvalue weighted by molar-refractivity contribution is 5.93. The Kier molecular flexibility index (Phi) is 3.51. The van der Waals surface area contributed by atoms with Crippen molar-refractivity contribution in [1.29, 1.82) is 0 Å². The molecular weight excluding hydrogens is 276 g/mol. The molecule has 108 valence electrons. The molecule has 6 heteroatoms. The van der Waals surface area contributed by atoms with Crippen LogP contribution < -0.4 is 10.6 Å². The van der Waals surface area contributed by atoms with Crippen molar-refractivity contribution in [2.24, 2.45) is 5.92 Å². The van der Waals surface area contributed by atoms with Crippen LogP contribution in [0.3, 0.4) is 0 Å². The monoisotopic (exact) mass is 289 g/mol. The van der Waals surface area contributed by atoms with E-state index in [1.165, 1.54) is 12.3 Å². The van der Waals surface area contributed by atoms with Crippen LogP contribution in [0.25, 0.3) is 0 Å². The predicted octanol–water partition coefficient (Wildman–Crippen LogP) is 3.45. The number of halogens is 2. The molecule has 2 aromatic rings. The van der Waals surface area contributed by atoms with Gasteiger partial charge in [0, 0.05) is 5.92 Å². The van der Waals surface area contributed by atoms with E-state index in [1.54, 1.807) is 12.1 Å². The molecule has 0 spiro atoms. The average molecular weight is 289 g/mol. The number of rotatable bonds is 4. The Labute approximate surface area is 120 Å². The van der Waals surface area contributed by atoms with Crippen LogP contribution in [0.4, 0.5) is 26.0 Å². The number of nitrogens with zero attached hydrogens (tertiary/aromatic N) is 1. The summed E-state index contributed by atoms with van der Waals surface area (Å²) in [6.45, 7) is 0. The Balaban J connectivity index is 1.70. The van der Waals surface area contributed by atoms with Crippen LogP contribution >= 0.6 is 0 Å². The smallest absolute Gasteiger partial charge is 0.227 e. The normalized spacial score (nSPS) is 13.8. The molecule has 1 heterocycles. The summed E-state index contributed by atoms with van der Waals surface area (Å²) < 4.78 is 27.0. The molecule has 3 rings (SSSR count). The van der Waals surface area contributed by atoms with Crippen molar-refractivity contribution in [3.8, 4) is 0 Å². The van der Waals surface area contributed by atoms with Gasteiger partial charge in [0.05, 0.1) is 11.9 Å². The molecule has 2 N–H and O–H groups in total. The van der Waals surface area contributed by atoms with Gasteiger partial charge < -0.3 is 10.6 Å². The number of anilines is 3. The maximum atomic E-state index is 13.5. The van der Waals surface area contributed by atoms with Gasteiger partial charge in [-0.3, -0.25) is 4.79 Å². The molecule has 0 atom stereocenters. The summed E-state index contributed by atoms with van der Waals surface area (Å²) in [7, 11) is 0. The van der Waals surface area contributed by atoms with Gasteiger partial charge in [-0.25, -0.2) is 13.8 Å². The molecule has 0 radical (unpaired) electrons. The van der Waals surface area contributed by atoms with Crippen molar-refractivity contribution in [2.75, 3.05) is 10.6 Å². The fraction of sp³-hybridized carbons (Fsp3) is 0.200. The molecule has 1 aliphatic rings. The number of para-hydroxylation sites is 1. The molecule has 1 amide bonds. The molecule has 0 saturated heterocycles. The van der Waals surface area contributed by atoms with Crippen LogP contribution in [0.5, 0.6) is 0 Å². The third-order valence-electron chi connectivity index (χ3n) is 3.19. The Morgan fingerprint density at radius 1 is 1.14 bits per heavy atom. The van der Waals surface area contributed by atoms with Crippen molar-refractivity contribution >= 4 is 23.1 Å². The number of carbonyl (C=O) groups is 1. The first kappa shape index (κ1) is 13.5. The number of benzene rings is 1. The Bertz CT molecular complexity index is 649. The van der Waals surface area contributed by atoms with Gasteiger partial charge in [-0.2, -0.15) is 0 Å². The largest absolute Gasteiger partial charge is 0.335 e. The zero-order valence-corrected chi connectivity index (χ0v) is 11.1. The van der Waals surface area contributed by atoms with E-state index in [9.17, 15) is 13.6 Å². The minimum Gasteiger partial charge on any atom is -0.335 e. The quantitative estimate of drug-likeness (QED) is 0.906. The highest BCUT2D eigenvalue weighted by Crippen LogP contribution is 2.30. The molecule has 0 unspecified atom stereocenters. The van der Waals surface area contributed by atoms with E-state index in [2.05, 4.69) is 15.6 Å². The molecule has 1 aromatic carbocycles. The summed E-state index contributed by atoms with van der Waals surface area (Å²) in [5, 5.41) is 5.32. The maximum Gasteiger partial charge on any atom is 0.227 e. The lowest BCUT2D eigenvalue weighted by Crippen LogP contribution is -2.13. The third kappa shape index (κ3) is 3.16. The number of amides is 1. The van der Waals surface area contributed by atoms with Crippen LogP contribution in [0.2, 0.25) is 0 Å². The van der Waals surface area contributed by atoms with Crippen LogP contribution in [0.1, 0.15) is 12.8 Å². The van der Waals surface area contributed by atoms with Gasteiger partial charge in [0.1, 0.15) is 23.1 Å². The zero-order chi connectivity index (χ0) is 14.8. The number of carbonyl (C=O) groups excluding carboxylic acids is 1. The van der Waals surface area contributed by atoms with Crippen molar-refractivity contribution in [2.45, 2.75) is 12.8 Å². The number of nitrogens with one attached hydrogen (secondary N) is 2. The highest BCUT2D eigenvalue weighted by atomic mass is 19.1. The van der Waals surface area contributed by atoms with Crippen LogP contribution in [-0.4, -0.2) is 10.9 Å². The molecule has 0 aliphatic heterocycles. The first-order valence-electron chi connectivity index (χ1n) is 6.61. The first-order valence-corrected chi connectivity index (χ1v) is 6.61. The van der Waals surface area contributed by atoms with Gasteiger partial charge in [-0.05, 0) is 37.1 Å². The molecular formula is C15H13F2N3O. The van der Waals surface area contributed by atoms with E-state index in [4.69, 9.17) is 0 Å². The Morgan fingerprint density at radius 3 is 2.43 bits per heavy atom. The van der Waals surface area contributed by atoms with E-state index < -0.39 is 11.6 Å². The molecule has 1 aliphatic carbocycles. The summed E-state index contributed by atoms with van der Waals surface area (Å²) in [6.07, 6.45) is 3.29. The van der Waals surface area contributed by atoms with Crippen LogP contribution in [-0.2, 0) is 4.79 Å². The van der Waals surface area contributed by atoms with Crippen LogP contribution in [0.15, 0.2) is 36.5 Å². The van der Waals surface area contributed by atoms with Crippen molar-refractivity contribution in [1.82, 2.24) is 4.98 Å². The van der Waals surface area contributed by atoms with Gasteiger partial charge in [0.15, 0.2) is 0 Å². The summed E-state index contributed by atoms with van der Waals surface area (Å²) in [5.41, 5.74) is 0.311. The summed E-state index contributed by atoms with van der Waals surface area (Å²) >= 11 is 0. The van der Waals surface area contributed by atoms with Gasteiger partial charge >= 0.3 is 0 Å². The summed E-state index contributed by atoms with van der Waals surface area (Å²) in [5.74, 6) is -0.998. The lowest BCUT2D eigenvalue weighted by molar-refractivity contribution is -0.117. The number of pyridine rings is 1. The van der Waals surface area contributed by atoms with Crippen LogP contribution in [0, 0.1) is 17.6 Å². The van der Waals surface area contributed by atoms with Gasteiger partial charge in [0.25, 0.3) is 0 Å². The first-order chi connectivity index (χ1) is 10.1. The average Bonchev–Trinajstić information content (AvgIpc) is 3.29. The highest BCUT2D eigenvalue weighted by Gasteiger charge is 2.29. The van der Waals surface area contributed by atoms with E-state index in [-0.39, 0.29) is 17.5 Å². The fourth-order valence-electron chi connectivity index (χ4n) is 1.88. The van der Waals surface area contributed by atoms with Crippen molar-refractivity contribution in [3.63, 3.8) is 0 Å². The van der Waals surface area contributed by atoms with Gasteiger partial charge in [-0.1, -0.05) is 6.07 Å². The zero-order valence-electron chi connectivity index (χ0n) is 11.1. The predicted molar refractivity (Wildman–Crippen MR) is 75.2 cm³/mol. The van der Waals surface area contributed by atoms with Gasteiger partial charge in [-0.15, -0.1) is 0 Å². The Morgan fingerprint density at radius 2 is 1.86 bits per heavy atom. The lowest BCUT2D eigenvalue weighted by atomic mass is 10.3. The minimum atomic E-state index is -0.692. The molecule has 0 bridgehead atoms. The molecule has 4 nitrogen and oxygen atoms in total. The second-order valence-corrected chi connectivity index (χ2v) is 4.92. The minimum absolute atomic E-state index is 0.0161. The van der Waals surface area contributed by atoms with Gasteiger partial charge in [0.2, 0.25) is 5.91 Å². The topological polar surface area (TPSA) is 54.0 Å². The second-order valence-electron chi connectivity index (χ2n) is 4.92. The summed E-state index contributed by atoms with van der Waals surface area (Å²) in [6, 6.07) is 6.80. The maximum absolute atomic E-state index is 13.5. The second kappa shape index (κ2) is 5.47. The van der Waals surface area contributed by atoms with E-state index >= 15 is 0 Å². The van der Waals surface area contributed by atoms with E-state index in [0.29, 0.717) is 11.5 Å². The van der Waals surface area contributed by atoms with E-state index in [1.807, 2.05) is 0 Å². The molecule has 1 fully saturated rings.